The Labute approximate surface area is 151 Å². The third-order valence-corrected chi connectivity index (χ3v) is 3.84. The molecule has 2 N–H and O–H groups in total. The summed E-state index contributed by atoms with van der Waals surface area (Å²) in [6.07, 6.45) is 1.47. The zero-order valence-electron chi connectivity index (χ0n) is 15.2. The van der Waals surface area contributed by atoms with Crippen molar-refractivity contribution in [2.75, 3.05) is 27.9 Å². The van der Waals surface area contributed by atoms with Crippen LogP contribution in [-0.4, -0.2) is 39.9 Å². The van der Waals surface area contributed by atoms with Crippen LogP contribution in [0.3, 0.4) is 0 Å². The Morgan fingerprint density at radius 3 is 2.31 bits per heavy atom. The number of nitrogens with one attached hydrogen (secondary N) is 2. The molecule has 1 aromatic rings. The van der Waals surface area contributed by atoms with Gasteiger partial charge < -0.3 is 29.6 Å². The van der Waals surface area contributed by atoms with Gasteiger partial charge in [-0.1, -0.05) is 12.7 Å². The molecule has 0 unspecified atom stereocenters. The lowest BCUT2D eigenvalue weighted by molar-refractivity contribution is -0.138. The van der Waals surface area contributed by atoms with Crippen molar-refractivity contribution in [3.63, 3.8) is 0 Å². The van der Waals surface area contributed by atoms with E-state index < -0.39 is 18.0 Å². The monoisotopic (exact) mass is 362 g/mol. The molecular formula is C18H22N2O6. The van der Waals surface area contributed by atoms with Gasteiger partial charge in [0.25, 0.3) is 0 Å². The molecule has 2 rings (SSSR count). The van der Waals surface area contributed by atoms with E-state index in [4.69, 9.17) is 18.9 Å². The number of hydrogen-bond acceptors (Lipinski definition) is 6. The first-order valence-electron chi connectivity index (χ1n) is 7.83. The number of hydrogen-bond donors (Lipinski definition) is 2. The number of allylic oxidation sites excluding steroid dienone is 1. The molecule has 26 heavy (non-hydrogen) atoms. The summed E-state index contributed by atoms with van der Waals surface area (Å²) in [4.78, 5) is 24.4. The average Bonchev–Trinajstić information content (AvgIpc) is 2.64. The van der Waals surface area contributed by atoms with Gasteiger partial charge in [-0.15, -0.1) is 0 Å². The average molecular weight is 362 g/mol. The van der Waals surface area contributed by atoms with Crippen LogP contribution in [0.1, 0.15) is 18.5 Å². The third kappa shape index (κ3) is 3.74. The van der Waals surface area contributed by atoms with Crippen molar-refractivity contribution in [3.8, 4) is 17.2 Å². The number of benzene rings is 1. The number of urea groups is 1. The highest BCUT2D eigenvalue weighted by Gasteiger charge is 2.33. The Morgan fingerprint density at radius 1 is 1.19 bits per heavy atom. The van der Waals surface area contributed by atoms with Crippen LogP contribution >= 0.6 is 0 Å². The predicted molar refractivity (Wildman–Crippen MR) is 94.4 cm³/mol. The summed E-state index contributed by atoms with van der Waals surface area (Å²) in [6.45, 7) is 5.22. The van der Waals surface area contributed by atoms with Gasteiger partial charge in [0.2, 0.25) is 5.75 Å². The summed E-state index contributed by atoms with van der Waals surface area (Å²) in [5.41, 5.74) is 1.27. The number of carbonyl (C=O) groups excluding carboxylic acids is 2. The van der Waals surface area contributed by atoms with Gasteiger partial charge in [0.1, 0.15) is 6.61 Å². The quantitative estimate of drug-likeness (QED) is 0.570. The maximum atomic E-state index is 12.5. The van der Waals surface area contributed by atoms with Gasteiger partial charge in [-0.25, -0.2) is 9.59 Å². The molecule has 8 nitrogen and oxygen atoms in total. The number of amides is 2. The molecule has 0 bridgehead atoms. The second kappa shape index (κ2) is 8.28. The number of methoxy groups -OCH3 is 3. The predicted octanol–water partition coefficient (Wildman–Crippen LogP) is 2.07. The normalized spacial score (nSPS) is 16.3. The minimum Gasteiger partial charge on any atom is -0.493 e. The number of esters is 1. The molecule has 1 aliphatic heterocycles. The van der Waals surface area contributed by atoms with Gasteiger partial charge >= 0.3 is 12.0 Å². The van der Waals surface area contributed by atoms with Crippen LogP contribution in [0.15, 0.2) is 36.1 Å². The largest absolute Gasteiger partial charge is 0.493 e. The van der Waals surface area contributed by atoms with Gasteiger partial charge in [0.05, 0.1) is 32.9 Å². The minimum atomic E-state index is -0.741. The fourth-order valence-electron chi connectivity index (χ4n) is 2.69. The number of ether oxygens (including phenoxy) is 4. The maximum Gasteiger partial charge on any atom is 0.338 e. The Bertz CT molecular complexity index is 731. The molecule has 1 aliphatic rings. The van der Waals surface area contributed by atoms with Gasteiger partial charge in [-0.3, -0.25) is 0 Å². The van der Waals surface area contributed by atoms with Crippen LogP contribution < -0.4 is 24.8 Å². The summed E-state index contributed by atoms with van der Waals surface area (Å²) in [6, 6.07) is 2.17. The molecular weight excluding hydrogens is 340 g/mol. The van der Waals surface area contributed by atoms with E-state index in [2.05, 4.69) is 17.2 Å². The second-order valence-electron chi connectivity index (χ2n) is 5.42. The van der Waals surface area contributed by atoms with Crippen molar-refractivity contribution in [2.24, 2.45) is 0 Å². The molecule has 0 spiro atoms. The van der Waals surface area contributed by atoms with E-state index in [-0.39, 0.29) is 12.2 Å². The van der Waals surface area contributed by atoms with Gasteiger partial charge in [-0.05, 0) is 24.6 Å². The first-order valence-corrected chi connectivity index (χ1v) is 7.83. The van der Waals surface area contributed by atoms with E-state index >= 15 is 0 Å². The van der Waals surface area contributed by atoms with Crippen LogP contribution in [0, 0.1) is 0 Å². The van der Waals surface area contributed by atoms with Gasteiger partial charge in [-0.2, -0.15) is 0 Å². The first-order chi connectivity index (χ1) is 12.5. The van der Waals surface area contributed by atoms with Crippen LogP contribution in [0.4, 0.5) is 4.79 Å². The van der Waals surface area contributed by atoms with Crippen molar-refractivity contribution in [1.82, 2.24) is 10.6 Å². The molecule has 1 atom stereocenters. The Kier molecular flexibility index (Phi) is 6.11. The van der Waals surface area contributed by atoms with E-state index in [1.165, 1.54) is 27.4 Å². The Hall–Kier alpha value is -3.16. The Balaban J connectivity index is 2.55. The summed E-state index contributed by atoms with van der Waals surface area (Å²) in [7, 11) is 4.47. The van der Waals surface area contributed by atoms with E-state index in [1.54, 1.807) is 19.1 Å². The van der Waals surface area contributed by atoms with Crippen LogP contribution in [-0.2, 0) is 9.53 Å². The molecule has 0 saturated carbocycles. The van der Waals surface area contributed by atoms with Crippen molar-refractivity contribution < 1.29 is 28.5 Å². The molecule has 8 heteroatoms. The highest BCUT2D eigenvalue weighted by molar-refractivity contribution is 5.95. The maximum absolute atomic E-state index is 12.5. The van der Waals surface area contributed by atoms with Crippen LogP contribution in [0.25, 0.3) is 0 Å². The van der Waals surface area contributed by atoms with Crippen molar-refractivity contribution in [2.45, 2.75) is 13.0 Å². The molecule has 0 aliphatic carbocycles. The van der Waals surface area contributed by atoms with Crippen LogP contribution in [0.2, 0.25) is 0 Å². The fraction of sp³-hybridized carbons (Fsp3) is 0.333. The lowest BCUT2D eigenvalue weighted by atomic mass is 9.95. The Morgan fingerprint density at radius 2 is 1.81 bits per heavy atom. The molecule has 1 heterocycles. The third-order valence-electron chi connectivity index (χ3n) is 3.84. The topological polar surface area (TPSA) is 95.1 Å². The minimum absolute atomic E-state index is 0.0610. The summed E-state index contributed by atoms with van der Waals surface area (Å²) >= 11 is 0. The number of carbonyl (C=O) groups is 2. The second-order valence-corrected chi connectivity index (χ2v) is 5.42. The van der Waals surface area contributed by atoms with E-state index in [1.807, 2.05) is 0 Å². The first kappa shape index (κ1) is 19.2. The molecule has 2 amide bonds. The lowest BCUT2D eigenvalue weighted by Crippen LogP contribution is -2.45. The van der Waals surface area contributed by atoms with Crippen molar-refractivity contribution in [3.05, 3.63) is 41.6 Å². The van der Waals surface area contributed by atoms with Gasteiger partial charge in [0, 0.05) is 5.70 Å². The van der Waals surface area contributed by atoms with Crippen LogP contribution in [0.5, 0.6) is 17.2 Å². The molecule has 0 fully saturated rings. The van der Waals surface area contributed by atoms with Gasteiger partial charge in [0.15, 0.2) is 11.5 Å². The van der Waals surface area contributed by atoms with E-state index in [0.29, 0.717) is 28.5 Å². The smallest absolute Gasteiger partial charge is 0.338 e. The molecule has 0 aromatic heterocycles. The zero-order valence-corrected chi connectivity index (χ0v) is 15.2. The molecule has 0 saturated heterocycles. The zero-order chi connectivity index (χ0) is 19.3. The van der Waals surface area contributed by atoms with Crippen molar-refractivity contribution >= 4 is 12.0 Å². The molecule has 140 valence electrons. The van der Waals surface area contributed by atoms with E-state index in [9.17, 15) is 9.59 Å². The standard InChI is InChI=1S/C18H22N2O6/c1-6-7-26-17(21)14-10(2)19-18(22)20-15(14)11-8-12(23-3)16(25-5)13(9-11)24-4/h6,8-9,15H,1,7H2,2-5H3,(H2,19,20,22)/t15-/m0/s1. The lowest BCUT2D eigenvalue weighted by Gasteiger charge is -2.28. The summed E-state index contributed by atoms with van der Waals surface area (Å²) in [5.74, 6) is 0.668. The molecule has 0 radical (unpaired) electrons. The molecule has 1 aromatic carbocycles. The van der Waals surface area contributed by atoms with Crippen molar-refractivity contribution in [1.29, 1.82) is 0 Å². The highest BCUT2D eigenvalue weighted by atomic mass is 16.5. The summed E-state index contributed by atoms with van der Waals surface area (Å²) in [5, 5.41) is 5.31. The van der Waals surface area contributed by atoms with E-state index in [0.717, 1.165) is 0 Å². The SMILES string of the molecule is C=CCOC(=O)C1=C(C)NC(=O)N[C@H]1c1cc(OC)c(OC)c(OC)c1. The number of rotatable bonds is 7. The highest BCUT2D eigenvalue weighted by Crippen LogP contribution is 2.41. The summed E-state index contributed by atoms with van der Waals surface area (Å²) < 4.78 is 21.1. The fourth-order valence-corrected chi connectivity index (χ4v) is 2.69.